The van der Waals surface area contributed by atoms with Crippen molar-refractivity contribution in [1.82, 2.24) is 4.90 Å². The van der Waals surface area contributed by atoms with E-state index in [1.54, 1.807) is 0 Å². The van der Waals surface area contributed by atoms with E-state index in [2.05, 4.69) is 23.2 Å². The number of benzene rings is 1. The lowest BCUT2D eigenvalue weighted by molar-refractivity contribution is -0.117. The van der Waals surface area contributed by atoms with Crippen LogP contribution in [-0.2, 0) is 4.79 Å². The Balaban J connectivity index is 1.89. The van der Waals surface area contributed by atoms with Crippen molar-refractivity contribution in [2.24, 2.45) is 5.92 Å². The molecule has 0 radical (unpaired) electrons. The summed E-state index contributed by atoms with van der Waals surface area (Å²) in [5, 5.41) is 3.03. The Morgan fingerprint density at radius 3 is 2.68 bits per heavy atom. The molecule has 1 aliphatic rings. The van der Waals surface area contributed by atoms with Gasteiger partial charge in [0.05, 0.1) is 6.54 Å². The largest absolute Gasteiger partial charge is 0.325 e. The molecule has 1 aromatic rings. The molecule has 1 saturated heterocycles. The predicted molar refractivity (Wildman–Crippen MR) is 79.4 cm³/mol. The van der Waals surface area contributed by atoms with Crippen LogP contribution in [0.1, 0.15) is 30.9 Å². The highest BCUT2D eigenvalue weighted by atomic mass is 16.2. The van der Waals surface area contributed by atoms with Gasteiger partial charge in [0.25, 0.3) is 0 Å². The smallest absolute Gasteiger partial charge is 0.238 e. The average molecular weight is 260 g/mol. The Morgan fingerprint density at radius 1 is 1.32 bits per heavy atom. The third-order valence-electron chi connectivity index (χ3n) is 3.91. The van der Waals surface area contributed by atoms with E-state index in [9.17, 15) is 4.79 Å². The average Bonchev–Trinajstić information content (AvgIpc) is 2.37. The minimum Gasteiger partial charge on any atom is -0.325 e. The van der Waals surface area contributed by atoms with Crippen molar-refractivity contribution in [2.75, 3.05) is 25.0 Å². The molecule has 104 valence electrons. The number of aryl methyl sites for hydroxylation is 2. The molecule has 0 atom stereocenters. The van der Waals surface area contributed by atoms with Crippen molar-refractivity contribution in [3.05, 3.63) is 29.3 Å². The molecular formula is C16H24N2O. The third-order valence-corrected chi connectivity index (χ3v) is 3.91. The molecule has 0 bridgehead atoms. The van der Waals surface area contributed by atoms with Gasteiger partial charge in [-0.15, -0.1) is 0 Å². The van der Waals surface area contributed by atoms with Crippen LogP contribution in [0.25, 0.3) is 0 Å². The standard InChI is InChI=1S/C16H24N2O/c1-12-6-8-18(9-7-12)11-16(19)17-15-10-13(2)4-5-14(15)3/h4-5,10,12H,6-9,11H2,1-3H3,(H,17,19). The molecule has 1 heterocycles. The summed E-state index contributed by atoms with van der Waals surface area (Å²) < 4.78 is 0. The fraction of sp³-hybridized carbons (Fsp3) is 0.562. The van der Waals surface area contributed by atoms with Crippen LogP contribution < -0.4 is 5.32 Å². The molecule has 1 N–H and O–H groups in total. The number of nitrogens with zero attached hydrogens (tertiary/aromatic N) is 1. The number of amides is 1. The Bertz CT molecular complexity index is 448. The molecule has 1 aromatic carbocycles. The van der Waals surface area contributed by atoms with Gasteiger partial charge in [0.1, 0.15) is 0 Å². The lowest BCUT2D eigenvalue weighted by Crippen LogP contribution is -2.38. The van der Waals surface area contributed by atoms with Crippen LogP contribution in [0.5, 0.6) is 0 Å². The number of nitrogens with one attached hydrogen (secondary N) is 1. The summed E-state index contributed by atoms with van der Waals surface area (Å²) in [5.41, 5.74) is 3.23. The van der Waals surface area contributed by atoms with Gasteiger partial charge in [-0.3, -0.25) is 9.69 Å². The first-order valence-corrected chi connectivity index (χ1v) is 7.14. The topological polar surface area (TPSA) is 32.3 Å². The monoisotopic (exact) mass is 260 g/mol. The maximum Gasteiger partial charge on any atom is 0.238 e. The van der Waals surface area contributed by atoms with E-state index in [-0.39, 0.29) is 5.91 Å². The summed E-state index contributed by atoms with van der Waals surface area (Å²) in [4.78, 5) is 14.3. The van der Waals surface area contributed by atoms with Crippen LogP contribution in [-0.4, -0.2) is 30.4 Å². The van der Waals surface area contributed by atoms with E-state index >= 15 is 0 Å². The van der Waals surface area contributed by atoms with Gasteiger partial charge >= 0.3 is 0 Å². The highest BCUT2D eigenvalue weighted by Crippen LogP contribution is 2.18. The molecular weight excluding hydrogens is 236 g/mol. The summed E-state index contributed by atoms with van der Waals surface area (Å²) in [6.07, 6.45) is 2.41. The Labute approximate surface area is 116 Å². The van der Waals surface area contributed by atoms with Gasteiger partial charge < -0.3 is 5.32 Å². The summed E-state index contributed by atoms with van der Waals surface area (Å²) in [7, 11) is 0. The minimum absolute atomic E-state index is 0.100. The first kappa shape index (κ1) is 14.1. The van der Waals surface area contributed by atoms with E-state index in [0.717, 1.165) is 30.3 Å². The molecule has 0 unspecified atom stereocenters. The van der Waals surface area contributed by atoms with Gasteiger partial charge in [0.15, 0.2) is 0 Å². The van der Waals surface area contributed by atoms with Gasteiger partial charge in [-0.1, -0.05) is 19.1 Å². The van der Waals surface area contributed by atoms with Gasteiger partial charge in [-0.2, -0.15) is 0 Å². The van der Waals surface area contributed by atoms with Gasteiger partial charge in [0, 0.05) is 5.69 Å². The predicted octanol–water partition coefficient (Wildman–Crippen LogP) is 2.97. The molecule has 0 spiro atoms. The number of anilines is 1. The van der Waals surface area contributed by atoms with Crippen molar-refractivity contribution in [2.45, 2.75) is 33.6 Å². The van der Waals surface area contributed by atoms with Gasteiger partial charge in [-0.25, -0.2) is 0 Å². The number of hydrogen-bond donors (Lipinski definition) is 1. The van der Waals surface area contributed by atoms with Gasteiger partial charge in [-0.05, 0) is 62.9 Å². The van der Waals surface area contributed by atoms with Crippen molar-refractivity contribution < 1.29 is 4.79 Å². The summed E-state index contributed by atoms with van der Waals surface area (Å²) in [6, 6.07) is 6.15. The van der Waals surface area contributed by atoms with Gasteiger partial charge in [0.2, 0.25) is 5.91 Å². The maximum atomic E-state index is 12.1. The number of hydrogen-bond acceptors (Lipinski definition) is 2. The first-order chi connectivity index (χ1) is 9.04. The number of carbonyl (C=O) groups excluding carboxylic acids is 1. The lowest BCUT2D eigenvalue weighted by atomic mass is 9.99. The second kappa shape index (κ2) is 6.20. The van der Waals surface area contributed by atoms with Crippen molar-refractivity contribution >= 4 is 11.6 Å². The molecule has 0 aliphatic carbocycles. The second-order valence-corrected chi connectivity index (χ2v) is 5.83. The van der Waals surface area contributed by atoms with Crippen LogP contribution >= 0.6 is 0 Å². The van der Waals surface area contributed by atoms with Crippen LogP contribution in [0, 0.1) is 19.8 Å². The van der Waals surface area contributed by atoms with E-state index in [4.69, 9.17) is 0 Å². The first-order valence-electron chi connectivity index (χ1n) is 7.14. The number of piperidine rings is 1. The molecule has 0 aromatic heterocycles. The number of rotatable bonds is 3. The van der Waals surface area contributed by atoms with Crippen molar-refractivity contribution in [3.63, 3.8) is 0 Å². The molecule has 0 saturated carbocycles. The molecule has 3 nitrogen and oxygen atoms in total. The molecule has 1 aliphatic heterocycles. The second-order valence-electron chi connectivity index (χ2n) is 5.83. The number of carbonyl (C=O) groups is 1. The van der Waals surface area contributed by atoms with Crippen LogP contribution in [0.3, 0.4) is 0 Å². The molecule has 1 amide bonds. The minimum atomic E-state index is 0.100. The van der Waals surface area contributed by atoms with E-state index < -0.39 is 0 Å². The van der Waals surface area contributed by atoms with Crippen LogP contribution in [0.2, 0.25) is 0 Å². The van der Waals surface area contributed by atoms with E-state index in [0.29, 0.717) is 6.54 Å². The lowest BCUT2D eigenvalue weighted by Gasteiger charge is -2.29. The zero-order valence-electron chi connectivity index (χ0n) is 12.2. The molecule has 2 rings (SSSR count). The van der Waals surface area contributed by atoms with Crippen LogP contribution in [0.4, 0.5) is 5.69 Å². The van der Waals surface area contributed by atoms with E-state index in [1.165, 1.54) is 18.4 Å². The zero-order chi connectivity index (χ0) is 13.8. The maximum absolute atomic E-state index is 12.1. The zero-order valence-corrected chi connectivity index (χ0v) is 12.2. The van der Waals surface area contributed by atoms with Crippen molar-refractivity contribution in [1.29, 1.82) is 0 Å². The SMILES string of the molecule is Cc1ccc(C)c(NC(=O)CN2CCC(C)CC2)c1. The highest BCUT2D eigenvalue weighted by Gasteiger charge is 2.18. The molecule has 1 fully saturated rings. The normalized spacial score (nSPS) is 17.4. The van der Waals surface area contributed by atoms with E-state index in [1.807, 2.05) is 26.0 Å². The molecule has 3 heteroatoms. The summed E-state index contributed by atoms with van der Waals surface area (Å²) in [6.45, 7) is 8.95. The van der Waals surface area contributed by atoms with Crippen LogP contribution in [0.15, 0.2) is 18.2 Å². The third kappa shape index (κ3) is 4.06. The highest BCUT2D eigenvalue weighted by molar-refractivity contribution is 5.93. The summed E-state index contributed by atoms with van der Waals surface area (Å²) in [5.74, 6) is 0.904. The Kier molecular flexibility index (Phi) is 4.59. The fourth-order valence-electron chi connectivity index (χ4n) is 2.48. The van der Waals surface area contributed by atoms with Crippen molar-refractivity contribution in [3.8, 4) is 0 Å². The Morgan fingerprint density at radius 2 is 2.00 bits per heavy atom. The Hall–Kier alpha value is -1.35. The molecule has 19 heavy (non-hydrogen) atoms. The fourth-order valence-corrected chi connectivity index (χ4v) is 2.48. The summed E-state index contributed by atoms with van der Waals surface area (Å²) >= 11 is 0. The quantitative estimate of drug-likeness (QED) is 0.906. The number of likely N-dealkylation sites (tertiary alicyclic amines) is 1.